The fraction of sp³-hybridized carbons (Fsp3) is 0.316. The molecule has 0 bridgehead atoms. The molecule has 6 nitrogen and oxygen atoms in total. The van der Waals surface area contributed by atoms with E-state index in [9.17, 15) is 4.79 Å². The van der Waals surface area contributed by atoms with Gasteiger partial charge in [0.2, 0.25) is 0 Å². The van der Waals surface area contributed by atoms with Crippen molar-refractivity contribution in [1.29, 1.82) is 0 Å². The van der Waals surface area contributed by atoms with Crippen LogP contribution in [0.5, 0.6) is 5.75 Å². The molecule has 136 valence electrons. The summed E-state index contributed by atoms with van der Waals surface area (Å²) in [6, 6.07) is 7.13. The highest BCUT2D eigenvalue weighted by Crippen LogP contribution is 2.34. The van der Waals surface area contributed by atoms with Gasteiger partial charge in [-0.25, -0.2) is 9.97 Å². The number of methoxy groups -OCH3 is 2. The number of nitrogens with zero attached hydrogens (tertiary/aromatic N) is 3. The fourth-order valence-electron chi connectivity index (χ4n) is 3.00. The second-order valence-corrected chi connectivity index (χ2v) is 6.46. The van der Waals surface area contributed by atoms with Gasteiger partial charge in [-0.3, -0.25) is 9.36 Å². The fourth-order valence-corrected chi connectivity index (χ4v) is 3.27. The number of fused-ring (bicyclic) bond motifs is 1. The van der Waals surface area contributed by atoms with E-state index in [-0.39, 0.29) is 11.6 Å². The Morgan fingerprint density at radius 2 is 2.00 bits per heavy atom. The van der Waals surface area contributed by atoms with E-state index in [1.807, 2.05) is 25.1 Å². The molecule has 1 aromatic carbocycles. The average molecular weight is 374 g/mol. The molecule has 2 heterocycles. The number of ether oxygens (including phenoxy) is 2. The number of pyridine rings is 1. The average Bonchev–Trinajstić information content (AvgIpc) is 2.62. The molecule has 0 amide bonds. The topological polar surface area (TPSA) is 66.2 Å². The lowest BCUT2D eigenvalue weighted by atomic mass is 10.1. The third-order valence-corrected chi connectivity index (χ3v) is 4.57. The highest BCUT2D eigenvalue weighted by molar-refractivity contribution is 6.33. The molecule has 1 atom stereocenters. The lowest BCUT2D eigenvalue weighted by molar-refractivity contribution is 0.162. The zero-order chi connectivity index (χ0) is 18.8. The van der Waals surface area contributed by atoms with E-state index >= 15 is 0 Å². The molecular weight excluding hydrogens is 354 g/mol. The smallest absolute Gasteiger partial charge is 0.273 e. The molecule has 7 heteroatoms. The number of aryl methyl sites for hydroxylation is 1. The summed E-state index contributed by atoms with van der Waals surface area (Å²) in [5.74, 6) is 0.673. The number of benzene rings is 1. The van der Waals surface area contributed by atoms with Crippen molar-refractivity contribution in [3.63, 3.8) is 0 Å². The zero-order valence-corrected chi connectivity index (χ0v) is 15.9. The molecule has 0 aliphatic carbocycles. The summed E-state index contributed by atoms with van der Waals surface area (Å²) in [6.45, 7) is 4.01. The third kappa shape index (κ3) is 3.18. The van der Waals surface area contributed by atoms with E-state index in [2.05, 4.69) is 9.97 Å². The van der Waals surface area contributed by atoms with Crippen LogP contribution in [0.2, 0.25) is 5.02 Å². The van der Waals surface area contributed by atoms with Gasteiger partial charge in [-0.1, -0.05) is 11.6 Å². The predicted octanol–water partition coefficient (Wildman–Crippen LogP) is 3.64. The first-order valence-electron chi connectivity index (χ1n) is 8.18. The molecule has 0 saturated heterocycles. The van der Waals surface area contributed by atoms with E-state index < -0.39 is 0 Å². The van der Waals surface area contributed by atoms with Crippen LogP contribution in [0.25, 0.3) is 22.3 Å². The molecule has 3 aromatic rings. The van der Waals surface area contributed by atoms with Crippen LogP contribution in [0.15, 0.2) is 35.3 Å². The van der Waals surface area contributed by atoms with Gasteiger partial charge in [0.05, 0.1) is 24.8 Å². The van der Waals surface area contributed by atoms with Gasteiger partial charge in [0, 0.05) is 24.4 Å². The Kier molecular flexibility index (Phi) is 5.25. The maximum Gasteiger partial charge on any atom is 0.273 e. The predicted molar refractivity (Wildman–Crippen MR) is 102 cm³/mol. The minimum absolute atomic E-state index is 0.174. The summed E-state index contributed by atoms with van der Waals surface area (Å²) >= 11 is 6.45. The highest BCUT2D eigenvalue weighted by Gasteiger charge is 2.18. The minimum atomic E-state index is -0.175. The van der Waals surface area contributed by atoms with E-state index in [1.54, 1.807) is 38.0 Å². The van der Waals surface area contributed by atoms with Gasteiger partial charge >= 0.3 is 0 Å². The number of halogens is 1. The van der Waals surface area contributed by atoms with E-state index in [0.29, 0.717) is 34.2 Å². The summed E-state index contributed by atoms with van der Waals surface area (Å²) in [4.78, 5) is 21.6. The first kappa shape index (κ1) is 18.4. The van der Waals surface area contributed by atoms with Gasteiger partial charge in [-0.05, 0) is 38.1 Å². The van der Waals surface area contributed by atoms with E-state index in [0.717, 1.165) is 11.1 Å². The van der Waals surface area contributed by atoms with Crippen molar-refractivity contribution >= 4 is 22.8 Å². The maximum atomic E-state index is 12.7. The molecule has 26 heavy (non-hydrogen) atoms. The monoisotopic (exact) mass is 373 g/mol. The van der Waals surface area contributed by atoms with E-state index in [1.165, 1.54) is 0 Å². The molecule has 0 spiro atoms. The molecule has 2 aromatic heterocycles. The summed E-state index contributed by atoms with van der Waals surface area (Å²) in [7, 11) is 3.20. The van der Waals surface area contributed by atoms with Crippen LogP contribution in [0, 0.1) is 6.92 Å². The van der Waals surface area contributed by atoms with Crippen LogP contribution in [-0.4, -0.2) is 35.4 Å². The van der Waals surface area contributed by atoms with Crippen LogP contribution >= 0.6 is 11.6 Å². The second kappa shape index (κ2) is 7.43. The molecule has 0 aliphatic rings. The lowest BCUT2D eigenvalue weighted by Crippen LogP contribution is -2.29. The molecule has 0 radical (unpaired) electrons. The summed E-state index contributed by atoms with van der Waals surface area (Å²) in [5, 5.41) is 0.541. The minimum Gasteiger partial charge on any atom is -0.497 e. The van der Waals surface area contributed by atoms with Crippen molar-refractivity contribution in [2.24, 2.45) is 0 Å². The second-order valence-electron chi connectivity index (χ2n) is 6.05. The standard InChI is InChI=1S/C19H20ClN3O3/c1-11(10-25-3)23-18-17(22-12(2)19(23)24)15(7-8-21-18)14-6-5-13(26-4)9-16(14)20/h5-9,11H,10H2,1-4H3. The third-order valence-electron chi connectivity index (χ3n) is 4.26. The number of aromatic nitrogens is 3. The molecule has 0 fully saturated rings. The van der Waals surface area contributed by atoms with Gasteiger partial charge in [0.15, 0.2) is 5.65 Å². The Morgan fingerprint density at radius 3 is 2.65 bits per heavy atom. The Labute approximate surface area is 156 Å². The van der Waals surface area contributed by atoms with Crippen molar-refractivity contribution in [2.75, 3.05) is 20.8 Å². The Hall–Kier alpha value is -2.44. The molecule has 3 rings (SSSR count). The van der Waals surface area contributed by atoms with Crippen molar-refractivity contribution in [3.05, 3.63) is 51.5 Å². The van der Waals surface area contributed by atoms with Gasteiger partial charge in [-0.15, -0.1) is 0 Å². The zero-order valence-electron chi connectivity index (χ0n) is 15.1. The Bertz CT molecular complexity index is 1020. The van der Waals surface area contributed by atoms with Gasteiger partial charge in [0.25, 0.3) is 5.56 Å². The van der Waals surface area contributed by atoms with E-state index in [4.69, 9.17) is 21.1 Å². The first-order valence-corrected chi connectivity index (χ1v) is 8.56. The molecule has 1 unspecified atom stereocenters. The van der Waals surface area contributed by atoms with Crippen LogP contribution in [0.3, 0.4) is 0 Å². The SMILES string of the molecule is COCC(C)n1c(=O)c(C)nc2c(-c3ccc(OC)cc3Cl)ccnc21. The van der Waals surface area contributed by atoms with Crippen molar-refractivity contribution < 1.29 is 9.47 Å². The van der Waals surface area contributed by atoms with Crippen LogP contribution in [0.4, 0.5) is 0 Å². The van der Waals surface area contributed by atoms with Gasteiger partial charge in [0.1, 0.15) is 17.0 Å². The number of rotatable bonds is 5. The summed E-state index contributed by atoms with van der Waals surface area (Å²) < 4.78 is 12.1. The lowest BCUT2D eigenvalue weighted by Gasteiger charge is -2.18. The van der Waals surface area contributed by atoms with Crippen molar-refractivity contribution in [3.8, 4) is 16.9 Å². The molecule has 0 aliphatic heterocycles. The quantitative estimate of drug-likeness (QED) is 0.683. The number of hydrogen-bond donors (Lipinski definition) is 0. The Morgan fingerprint density at radius 1 is 1.23 bits per heavy atom. The van der Waals surface area contributed by atoms with Crippen molar-refractivity contribution in [2.45, 2.75) is 19.9 Å². The van der Waals surface area contributed by atoms with Gasteiger partial charge < -0.3 is 9.47 Å². The van der Waals surface area contributed by atoms with Crippen LogP contribution in [-0.2, 0) is 4.74 Å². The first-order chi connectivity index (χ1) is 12.5. The van der Waals surface area contributed by atoms with Crippen LogP contribution in [0.1, 0.15) is 18.7 Å². The van der Waals surface area contributed by atoms with Crippen molar-refractivity contribution in [1.82, 2.24) is 14.5 Å². The molecule has 0 N–H and O–H groups in total. The normalized spacial score (nSPS) is 12.3. The van der Waals surface area contributed by atoms with Gasteiger partial charge in [-0.2, -0.15) is 0 Å². The maximum absolute atomic E-state index is 12.7. The Balaban J connectivity index is 2.31. The number of hydrogen-bond acceptors (Lipinski definition) is 5. The molecular formula is C19H20ClN3O3. The summed E-state index contributed by atoms with van der Waals surface area (Å²) in [6.07, 6.45) is 1.66. The largest absolute Gasteiger partial charge is 0.497 e. The van der Waals surface area contributed by atoms with Crippen LogP contribution < -0.4 is 10.3 Å². The summed E-state index contributed by atoms with van der Waals surface area (Å²) in [5.41, 5.74) is 2.97. The highest BCUT2D eigenvalue weighted by atomic mass is 35.5. The molecule has 0 saturated carbocycles.